The lowest BCUT2D eigenvalue weighted by Gasteiger charge is -2.30. The molecule has 0 amide bonds. The first kappa shape index (κ1) is 33.1. The van der Waals surface area contributed by atoms with Gasteiger partial charge in [-0.2, -0.15) is 0 Å². The number of hydrogen-bond acceptors (Lipinski definition) is 12. The van der Waals surface area contributed by atoms with Gasteiger partial charge in [-0.25, -0.2) is 22.8 Å². The second-order valence-electron chi connectivity index (χ2n) is 10.7. The van der Waals surface area contributed by atoms with E-state index in [0.29, 0.717) is 4.57 Å². The number of nitrogens with zero attached hydrogens (tertiary/aromatic N) is 1. The van der Waals surface area contributed by atoms with E-state index in [1.54, 1.807) is 41.5 Å². The van der Waals surface area contributed by atoms with Crippen LogP contribution in [-0.2, 0) is 41.9 Å². The third-order valence-corrected chi connectivity index (χ3v) is 7.05. The number of aliphatic hydroxyl groups is 1. The molecule has 1 aromatic heterocycles. The third-order valence-electron chi connectivity index (χ3n) is 5.31. The number of esters is 2. The van der Waals surface area contributed by atoms with Crippen LogP contribution in [0.5, 0.6) is 0 Å². The number of aromatic nitrogens is 2. The smallest absolute Gasteiger partial charge is 0.437 e. The second kappa shape index (κ2) is 12.6. The number of alkyl halides is 2. The zero-order chi connectivity index (χ0) is 29.8. The maximum atomic E-state index is 15.1. The van der Waals surface area contributed by atoms with Crippen LogP contribution in [0.1, 0.15) is 47.8 Å². The number of phosphoric ester groups is 1. The average molecular weight is 603 g/mol. The lowest BCUT2D eigenvalue weighted by Crippen LogP contribution is -2.47. The van der Waals surface area contributed by atoms with Crippen molar-refractivity contribution in [3.8, 4) is 0 Å². The summed E-state index contributed by atoms with van der Waals surface area (Å²) in [6.07, 6.45) is -5.03. The zero-order valence-corrected chi connectivity index (χ0v) is 24.0. The lowest BCUT2D eigenvalue weighted by atomic mass is 9.98. The van der Waals surface area contributed by atoms with E-state index in [0.717, 1.165) is 12.3 Å². The largest absolute Gasteiger partial charge is 0.480 e. The molecule has 4 atom stereocenters. The molecule has 17 heteroatoms. The van der Waals surface area contributed by atoms with Crippen molar-refractivity contribution < 1.29 is 51.4 Å². The van der Waals surface area contributed by atoms with Gasteiger partial charge in [0.2, 0.25) is 13.6 Å². The second-order valence-corrected chi connectivity index (χ2v) is 12.6. The maximum absolute atomic E-state index is 15.1. The van der Waals surface area contributed by atoms with E-state index in [2.05, 4.69) is 0 Å². The number of rotatable bonds is 11. The van der Waals surface area contributed by atoms with Crippen LogP contribution in [0.2, 0.25) is 0 Å². The fourth-order valence-corrected chi connectivity index (χ4v) is 4.21. The van der Waals surface area contributed by atoms with Crippen LogP contribution in [0.15, 0.2) is 21.9 Å². The Bertz CT molecular complexity index is 1160. The number of aromatic amines is 1. The summed E-state index contributed by atoms with van der Waals surface area (Å²) in [6.45, 7) is 6.66. The van der Waals surface area contributed by atoms with Gasteiger partial charge >= 0.3 is 25.5 Å². The molecule has 14 nitrogen and oxygen atoms in total. The van der Waals surface area contributed by atoms with Gasteiger partial charge in [-0.1, -0.05) is 0 Å². The Morgan fingerprint density at radius 1 is 1.10 bits per heavy atom. The molecule has 0 saturated carbocycles. The van der Waals surface area contributed by atoms with Gasteiger partial charge in [-0.3, -0.25) is 28.5 Å². The van der Waals surface area contributed by atoms with Gasteiger partial charge < -0.3 is 19.3 Å². The first-order valence-electron chi connectivity index (χ1n) is 11.6. The molecule has 0 bridgehead atoms. The van der Waals surface area contributed by atoms with Gasteiger partial charge in [-0.15, -0.1) is 11.6 Å². The summed E-state index contributed by atoms with van der Waals surface area (Å²) in [4.78, 5) is 49.5. The summed E-state index contributed by atoms with van der Waals surface area (Å²) in [6, 6.07) is 0.939. The Labute approximate surface area is 228 Å². The molecule has 0 aromatic carbocycles. The van der Waals surface area contributed by atoms with Crippen LogP contribution in [0.3, 0.4) is 0 Å². The van der Waals surface area contributed by atoms with E-state index in [1.807, 2.05) is 4.98 Å². The minimum absolute atomic E-state index is 0.624. The first-order chi connectivity index (χ1) is 17.8. The highest BCUT2D eigenvalue weighted by Crippen LogP contribution is 2.52. The van der Waals surface area contributed by atoms with Crippen molar-refractivity contribution in [3.05, 3.63) is 33.1 Å². The molecule has 2 rings (SSSR count). The molecule has 4 unspecified atom stereocenters. The van der Waals surface area contributed by atoms with Gasteiger partial charge in [0.25, 0.3) is 5.56 Å². The molecule has 1 saturated heterocycles. The first-order valence-corrected chi connectivity index (χ1v) is 13.6. The SMILES string of the molecule is CC(C)(C)C(=O)OCOP(=O)(OCOC(=O)C(C)(C)C)OCC1(CCl)OC(n2ccc(=O)[nH]c2=O)C(F)C1O. The van der Waals surface area contributed by atoms with Crippen LogP contribution >= 0.6 is 19.4 Å². The summed E-state index contributed by atoms with van der Waals surface area (Å²) in [7, 11) is -4.74. The molecular weight excluding hydrogens is 570 g/mol. The maximum Gasteiger partial charge on any atom is 0.480 e. The Hall–Kier alpha value is -2.13. The van der Waals surface area contributed by atoms with E-state index in [4.69, 9.17) is 39.4 Å². The monoisotopic (exact) mass is 602 g/mol. The number of carbonyl (C=O) groups excluding carboxylic acids is 2. The van der Waals surface area contributed by atoms with Crippen molar-refractivity contribution in [2.45, 2.75) is 65.6 Å². The van der Waals surface area contributed by atoms with Crippen LogP contribution in [0.25, 0.3) is 0 Å². The molecular formula is C22H33ClFN2O12P. The zero-order valence-electron chi connectivity index (χ0n) is 22.3. The molecule has 222 valence electrons. The number of nitrogens with one attached hydrogen (secondary N) is 1. The number of aliphatic hydroxyl groups excluding tert-OH is 1. The highest BCUT2D eigenvalue weighted by Gasteiger charge is 2.57. The van der Waals surface area contributed by atoms with E-state index in [1.165, 1.54) is 0 Å². The molecule has 2 N–H and O–H groups in total. The van der Waals surface area contributed by atoms with Gasteiger partial charge in [-0.05, 0) is 41.5 Å². The van der Waals surface area contributed by atoms with Crippen molar-refractivity contribution in [3.63, 3.8) is 0 Å². The fourth-order valence-electron chi connectivity index (χ4n) is 2.95. The van der Waals surface area contributed by atoms with Crippen molar-refractivity contribution in [2.24, 2.45) is 10.8 Å². The van der Waals surface area contributed by atoms with Crippen LogP contribution < -0.4 is 11.2 Å². The molecule has 0 aliphatic carbocycles. The average Bonchev–Trinajstić information content (AvgIpc) is 3.07. The number of hydrogen-bond donors (Lipinski definition) is 2. The van der Waals surface area contributed by atoms with E-state index in [9.17, 15) is 28.8 Å². The van der Waals surface area contributed by atoms with E-state index in [-0.39, 0.29) is 0 Å². The predicted molar refractivity (Wildman–Crippen MR) is 132 cm³/mol. The fraction of sp³-hybridized carbons (Fsp3) is 0.727. The van der Waals surface area contributed by atoms with Crippen molar-refractivity contribution >= 4 is 31.4 Å². The standard InChI is InChI=1S/C22H33ClFN2O12P/c1-20(2,3)17(29)33-11-36-39(32,37-12-34-18(30)21(4,5)6)35-10-22(9-23)15(28)14(24)16(38-22)26-8-7-13(27)25-19(26)31/h7-8,14-16,28H,9-12H2,1-6H3,(H,25,27,31). The summed E-state index contributed by atoms with van der Waals surface area (Å²) in [5, 5.41) is 10.6. The number of carbonyl (C=O) groups is 2. The molecule has 1 aliphatic heterocycles. The number of H-pyrrole nitrogens is 1. The summed E-state index contributed by atoms with van der Waals surface area (Å²) < 4.78 is 59.7. The van der Waals surface area contributed by atoms with Gasteiger partial charge in [0, 0.05) is 12.3 Å². The Kier molecular flexibility index (Phi) is 10.7. The van der Waals surface area contributed by atoms with E-state index >= 15 is 4.39 Å². The number of halogens is 2. The quantitative estimate of drug-likeness (QED) is 0.163. The minimum atomic E-state index is -4.74. The Morgan fingerprint density at radius 2 is 1.62 bits per heavy atom. The lowest BCUT2D eigenvalue weighted by molar-refractivity contribution is -0.164. The molecule has 39 heavy (non-hydrogen) atoms. The van der Waals surface area contributed by atoms with Crippen molar-refractivity contribution in [1.29, 1.82) is 0 Å². The molecule has 1 fully saturated rings. The molecule has 0 radical (unpaired) electrons. The van der Waals surface area contributed by atoms with Crippen molar-refractivity contribution in [2.75, 3.05) is 26.1 Å². The van der Waals surface area contributed by atoms with Gasteiger partial charge in [0.15, 0.2) is 12.4 Å². The molecule has 1 aliphatic rings. The molecule has 1 aromatic rings. The third kappa shape index (κ3) is 8.43. The summed E-state index contributed by atoms with van der Waals surface area (Å²) >= 11 is 5.98. The summed E-state index contributed by atoms with van der Waals surface area (Å²) in [5.74, 6) is -2.05. The minimum Gasteiger partial charge on any atom is -0.437 e. The topological polar surface area (TPSA) is 182 Å². The molecule has 2 heterocycles. The van der Waals surface area contributed by atoms with Crippen LogP contribution in [0, 0.1) is 10.8 Å². The normalized spacial score (nSPS) is 24.0. The number of ether oxygens (including phenoxy) is 3. The Balaban J connectivity index is 2.22. The molecule has 0 spiro atoms. The van der Waals surface area contributed by atoms with Gasteiger partial charge in [0.05, 0.1) is 23.3 Å². The highest BCUT2D eigenvalue weighted by molar-refractivity contribution is 7.48. The predicted octanol–water partition coefficient (Wildman–Crippen LogP) is 1.99. The summed E-state index contributed by atoms with van der Waals surface area (Å²) in [5.41, 5.74) is -5.70. The van der Waals surface area contributed by atoms with E-state index < -0.39 is 92.0 Å². The highest BCUT2D eigenvalue weighted by atomic mass is 35.5. The van der Waals surface area contributed by atoms with Crippen LogP contribution in [-0.4, -0.2) is 70.5 Å². The van der Waals surface area contributed by atoms with Crippen LogP contribution in [0.4, 0.5) is 4.39 Å². The number of phosphoric acid groups is 1. The van der Waals surface area contributed by atoms with Gasteiger partial charge in [0.1, 0.15) is 11.7 Å². The van der Waals surface area contributed by atoms with Crippen molar-refractivity contribution in [1.82, 2.24) is 9.55 Å². The Morgan fingerprint density at radius 3 is 2.05 bits per heavy atom.